The van der Waals surface area contributed by atoms with E-state index in [4.69, 9.17) is 10.5 Å². The average Bonchev–Trinajstić information content (AvgIpc) is 2.44. The lowest BCUT2D eigenvalue weighted by Gasteiger charge is -2.12. The van der Waals surface area contributed by atoms with Crippen LogP contribution in [-0.4, -0.2) is 46.0 Å². The van der Waals surface area contributed by atoms with Crippen LogP contribution in [0, 0.1) is 0 Å². The number of methoxy groups -OCH3 is 1. The topological polar surface area (TPSA) is 98.5 Å². The molecule has 1 rings (SSSR count). The van der Waals surface area contributed by atoms with Crippen molar-refractivity contribution in [1.29, 1.82) is 0 Å². The van der Waals surface area contributed by atoms with E-state index >= 15 is 0 Å². The minimum atomic E-state index is -3.10. The first kappa shape index (κ1) is 17.5. The standard InChI is InChI=1S/C14H22N2O4S/c1-20-13-6-4-3-5-11(13)7-9-16-14(17)12(15)8-10-21(2,18)19/h3-6,12H,7-10,15H2,1-2H3,(H,16,17). The molecule has 21 heavy (non-hydrogen) atoms. The summed E-state index contributed by atoms with van der Waals surface area (Å²) in [4.78, 5) is 11.7. The van der Waals surface area contributed by atoms with Gasteiger partial charge in [0.15, 0.2) is 0 Å². The molecule has 1 atom stereocenters. The number of amides is 1. The summed E-state index contributed by atoms with van der Waals surface area (Å²) in [5.74, 6) is 0.343. The summed E-state index contributed by atoms with van der Waals surface area (Å²) in [6.07, 6.45) is 1.87. The van der Waals surface area contributed by atoms with Crippen LogP contribution in [0.5, 0.6) is 5.75 Å². The minimum absolute atomic E-state index is 0.0892. The molecule has 0 spiro atoms. The third-order valence-corrected chi connectivity index (χ3v) is 4.00. The molecule has 1 amide bonds. The first-order valence-electron chi connectivity index (χ1n) is 6.66. The van der Waals surface area contributed by atoms with Crippen LogP contribution >= 0.6 is 0 Å². The highest BCUT2D eigenvalue weighted by Gasteiger charge is 2.15. The summed E-state index contributed by atoms with van der Waals surface area (Å²) in [5, 5.41) is 2.70. The van der Waals surface area contributed by atoms with Gasteiger partial charge in [-0.3, -0.25) is 4.79 Å². The van der Waals surface area contributed by atoms with E-state index < -0.39 is 15.9 Å². The average molecular weight is 314 g/mol. The van der Waals surface area contributed by atoms with Crippen molar-refractivity contribution in [3.05, 3.63) is 29.8 Å². The third-order valence-electron chi connectivity index (χ3n) is 3.02. The van der Waals surface area contributed by atoms with E-state index in [1.807, 2.05) is 24.3 Å². The van der Waals surface area contributed by atoms with Gasteiger partial charge in [-0.2, -0.15) is 0 Å². The molecule has 0 heterocycles. The van der Waals surface area contributed by atoms with E-state index in [0.717, 1.165) is 17.6 Å². The molecule has 0 aliphatic carbocycles. The smallest absolute Gasteiger partial charge is 0.236 e. The lowest BCUT2D eigenvalue weighted by Crippen LogP contribution is -2.42. The molecule has 0 aromatic heterocycles. The molecular weight excluding hydrogens is 292 g/mol. The number of sulfone groups is 1. The van der Waals surface area contributed by atoms with Crippen LogP contribution in [0.2, 0.25) is 0 Å². The molecule has 118 valence electrons. The van der Waals surface area contributed by atoms with Crippen LogP contribution < -0.4 is 15.8 Å². The molecule has 0 saturated heterocycles. The highest BCUT2D eigenvalue weighted by atomic mass is 32.2. The number of hydrogen-bond acceptors (Lipinski definition) is 5. The predicted molar refractivity (Wildman–Crippen MR) is 82.0 cm³/mol. The number of rotatable bonds is 8. The largest absolute Gasteiger partial charge is 0.496 e. The molecule has 0 aliphatic heterocycles. The number of benzene rings is 1. The number of carbonyl (C=O) groups is 1. The second kappa shape index (κ2) is 7.99. The number of nitrogens with one attached hydrogen (secondary N) is 1. The lowest BCUT2D eigenvalue weighted by atomic mass is 10.1. The number of hydrogen-bond donors (Lipinski definition) is 2. The van der Waals surface area contributed by atoms with Crippen molar-refractivity contribution in [3.8, 4) is 5.75 Å². The highest BCUT2D eigenvalue weighted by Crippen LogP contribution is 2.17. The van der Waals surface area contributed by atoms with Gasteiger partial charge in [0.05, 0.1) is 18.9 Å². The fraction of sp³-hybridized carbons (Fsp3) is 0.500. The van der Waals surface area contributed by atoms with Gasteiger partial charge in [-0.25, -0.2) is 8.42 Å². The van der Waals surface area contributed by atoms with Gasteiger partial charge in [0.2, 0.25) is 5.91 Å². The lowest BCUT2D eigenvalue weighted by molar-refractivity contribution is -0.122. The zero-order valence-electron chi connectivity index (χ0n) is 12.3. The fourth-order valence-corrected chi connectivity index (χ4v) is 2.52. The van der Waals surface area contributed by atoms with Crippen LogP contribution in [0.4, 0.5) is 0 Å². The Kier molecular flexibility index (Phi) is 6.64. The number of carbonyl (C=O) groups excluding carboxylic acids is 1. The van der Waals surface area contributed by atoms with Crippen molar-refractivity contribution in [1.82, 2.24) is 5.32 Å². The Hall–Kier alpha value is -1.60. The molecule has 3 N–H and O–H groups in total. The van der Waals surface area contributed by atoms with Crippen molar-refractivity contribution in [2.45, 2.75) is 18.9 Å². The molecule has 6 nitrogen and oxygen atoms in total. The first-order chi connectivity index (χ1) is 9.83. The summed E-state index contributed by atoms with van der Waals surface area (Å²) in [5.41, 5.74) is 6.65. The monoisotopic (exact) mass is 314 g/mol. The minimum Gasteiger partial charge on any atom is -0.496 e. The van der Waals surface area contributed by atoms with E-state index in [9.17, 15) is 13.2 Å². The summed E-state index contributed by atoms with van der Waals surface area (Å²) in [6, 6.07) is 6.75. The molecule has 1 unspecified atom stereocenters. The van der Waals surface area contributed by atoms with Crippen molar-refractivity contribution in [2.75, 3.05) is 25.7 Å². The van der Waals surface area contributed by atoms with Gasteiger partial charge in [0.25, 0.3) is 0 Å². The van der Waals surface area contributed by atoms with Crippen molar-refractivity contribution in [2.24, 2.45) is 5.73 Å². The molecule has 0 bridgehead atoms. The van der Waals surface area contributed by atoms with Gasteiger partial charge in [0.1, 0.15) is 15.6 Å². The predicted octanol–water partition coefficient (Wildman–Crippen LogP) is 0.116. The maximum absolute atomic E-state index is 11.7. The van der Waals surface area contributed by atoms with Crippen LogP contribution in [0.3, 0.4) is 0 Å². The zero-order valence-corrected chi connectivity index (χ0v) is 13.2. The number of ether oxygens (including phenoxy) is 1. The Morgan fingerprint density at radius 1 is 1.38 bits per heavy atom. The Labute approximate surface area is 125 Å². The zero-order chi connectivity index (χ0) is 15.9. The molecule has 0 fully saturated rings. The van der Waals surface area contributed by atoms with Gasteiger partial charge in [0, 0.05) is 12.8 Å². The summed E-state index contributed by atoms with van der Waals surface area (Å²) in [7, 11) is -1.51. The molecular formula is C14H22N2O4S. The van der Waals surface area contributed by atoms with E-state index in [2.05, 4.69) is 5.32 Å². The van der Waals surface area contributed by atoms with E-state index in [0.29, 0.717) is 13.0 Å². The van der Waals surface area contributed by atoms with Gasteiger partial charge >= 0.3 is 0 Å². The van der Waals surface area contributed by atoms with Crippen LogP contribution in [-0.2, 0) is 21.1 Å². The van der Waals surface area contributed by atoms with E-state index in [1.165, 1.54) is 0 Å². The van der Waals surface area contributed by atoms with Gasteiger partial charge in [-0.05, 0) is 24.5 Å². The molecule has 1 aromatic rings. The normalized spacial score (nSPS) is 12.7. The second-order valence-corrected chi connectivity index (χ2v) is 7.14. The Bertz CT molecular complexity index is 572. The maximum atomic E-state index is 11.7. The van der Waals surface area contributed by atoms with E-state index in [-0.39, 0.29) is 18.1 Å². The summed E-state index contributed by atoms with van der Waals surface area (Å²) < 4.78 is 27.3. The van der Waals surface area contributed by atoms with Crippen molar-refractivity contribution >= 4 is 15.7 Å². The summed E-state index contributed by atoms with van der Waals surface area (Å²) in [6.45, 7) is 0.422. The molecule has 0 aliphatic rings. The highest BCUT2D eigenvalue weighted by molar-refractivity contribution is 7.90. The molecule has 0 saturated carbocycles. The first-order valence-corrected chi connectivity index (χ1v) is 8.72. The Morgan fingerprint density at radius 3 is 2.67 bits per heavy atom. The van der Waals surface area contributed by atoms with Crippen LogP contribution in [0.25, 0.3) is 0 Å². The Balaban J connectivity index is 2.39. The summed E-state index contributed by atoms with van der Waals surface area (Å²) >= 11 is 0. The van der Waals surface area contributed by atoms with Crippen LogP contribution in [0.15, 0.2) is 24.3 Å². The molecule has 0 radical (unpaired) electrons. The fourth-order valence-electron chi connectivity index (χ4n) is 1.83. The third kappa shape index (κ3) is 6.59. The maximum Gasteiger partial charge on any atom is 0.236 e. The van der Waals surface area contributed by atoms with E-state index in [1.54, 1.807) is 7.11 Å². The SMILES string of the molecule is COc1ccccc1CCNC(=O)C(N)CCS(C)(=O)=O. The van der Waals surface area contributed by atoms with Gasteiger partial charge < -0.3 is 15.8 Å². The molecule has 1 aromatic carbocycles. The van der Waals surface area contributed by atoms with Crippen molar-refractivity contribution in [3.63, 3.8) is 0 Å². The van der Waals surface area contributed by atoms with Crippen molar-refractivity contribution < 1.29 is 17.9 Å². The number of nitrogens with two attached hydrogens (primary N) is 1. The second-order valence-electron chi connectivity index (χ2n) is 4.88. The number of para-hydroxylation sites is 1. The Morgan fingerprint density at radius 2 is 2.05 bits per heavy atom. The molecule has 7 heteroatoms. The van der Waals surface area contributed by atoms with Gasteiger partial charge in [-0.15, -0.1) is 0 Å². The van der Waals surface area contributed by atoms with Gasteiger partial charge in [-0.1, -0.05) is 18.2 Å². The van der Waals surface area contributed by atoms with Crippen LogP contribution in [0.1, 0.15) is 12.0 Å². The quantitative estimate of drug-likeness (QED) is 0.710.